The van der Waals surface area contributed by atoms with Crippen molar-refractivity contribution in [1.29, 1.82) is 0 Å². The summed E-state index contributed by atoms with van der Waals surface area (Å²) in [7, 11) is 0. The highest BCUT2D eigenvalue weighted by Crippen LogP contribution is 2.40. The van der Waals surface area contributed by atoms with Crippen LogP contribution in [0.5, 0.6) is 11.5 Å². The molecule has 0 saturated heterocycles. The fourth-order valence-electron chi connectivity index (χ4n) is 3.27. The van der Waals surface area contributed by atoms with Crippen LogP contribution in [0.4, 0.5) is 13.2 Å². The molecule has 0 spiro atoms. The Morgan fingerprint density at radius 3 is 2.29 bits per heavy atom. The summed E-state index contributed by atoms with van der Waals surface area (Å²) in [6, 6.07) is 6.13. The van der Waals surface area contributed by atoms with Gasteiger partial charge in [0.15, 0.2) is 17.4 Å². The average Bonchev–Trinajstić information content (AvgIpc) is 3.37. The van der Waals surface area contributed by atoms with Crippen molar-refractivity contribution in [3.8, 4) is 22.6 Å². The fraction of sp³-hybridized carbons (Fsp3) is 0.381. The van der Waals surface area contributed by atoms with E-state index in [0.29, 0.717) is 17.7 Å². The molecule has 0 bridgehead atoms. The molecule has 4 nitrogen and oxygen atoms in total. The minimum Gasteiger partial charge on any atom is -0.490 e. The van der Waals surface area contributed by atoms with Gasteiger partial charge in [-0.25, -0.2) is 13.2 Å². The van der Waals surface area contributed by atoms with Crippen molar-refractivity contribution in [1.82, 2.24) is 0 Å². The zero-order valence-corrected chi connectivity index (χ0v) is 15.0. The number of halogens is 3. The molecule has 0 radical (unpaired) electrons. The second kappa shape index (κ2) is 7.37. The summed E-state index contributed by atoms with van der Waals surface area (Å²) in [6.07, 6.45) is 3.37. The van der Waals surface area contributed by atoms with Crippen molar-refractivity contribution in [2.45, 2.75) is 31.8 Å². The summed E-state index contributed by atoms with van der Waals surface area (Å²) in [4.78, 5) is 10.8. The van der Waals surface area contributed by atoms with Gasteiger partial charge in [-0.3, -0.25) is 4.79 Å². The maximum Gasteiger partial charge on any atom is 0.306 e. The largest absolute Gasteiger partial charge is 0.490 e. The van der Waals surface area contributed by atoms with E-state index in [4.69, 9.17) is 14.6 Å². The predicted molar refractivity (Wildman–Crippen MR) is 94.7 cm³/mol. The van der Waals surface area contributed by atoms with Crippen molar-refractivity contribution >= 4 is 5.97 Å². The monoisotopic (exact) mass is 392 g/mol. The Kier molecular flexibility index (Phi) is 4.91. The highest BCUT2D eigenvalue weighted by molar-refractivity contribution is 5.73. The van der Waals surface area contributed by atoms with E-state index in [2.05, 4.69) is 0 Å². The van der Waals surface area contributed by atoms with Crippen molar-refractivity contribution < 1.29 is 32.5 Å². The summed E-state index contributed by atoms with van der Waals surface area (Å²) in [5.41, 5.74) is 0.460. The van der Waals surface area contributed by atoms with E-state index in [0.717, 1.165) is 31.4 Å². The molecule has 0 aromatic heterocycles. The van der Waals surface area contributed by atoms with E-state index in [1.165, 1.54) is 12.1 Å². The molecule has 28 heavy (non-hydrogen) atoms. The number of carbonyl (C=O) groups is 1. The molecule has 2 unspecified atom stereocenters. The first kappa shape index (κ1) is 18.7. The van der Waals surface area contributed by atoms with Gasteiger partial charge in [0.05, 0.1) is 18.6 Å². The second-order valence-corrected chi connectivity index (χ2v) is 7.37. The highest BCUT2D eigenvalue weighted by Gasteiger charge is 2.43. The van der Waals surface area contributed by atoms with E-state index in [1.54, 1.807) is 6.07 Å². The summed E-state index contributed by atoms with van der Waals surface area (Å²) >= 11 is 0. The Labute approximate surface area is 159 Å². The summed E-state index contributed by atoms with van der Waals surface area (Å²) in [5, 5.41) is 8.87. The van der Waals surface area contributed by atoms with Crippen LogP contribution >= 0.6 is 0 Å². The molecule has 0 heterocycles. The van der Waals surface area contributed by atoms with Crippen LogP contribution < -0.4 is 9.47 Å². The predicted octanol–water partition coefficient (Wildman–Crippen LogP) is 4.80. The number of ether oxygens (including phenoxy) is 2. The zero-order valence-electron chi connectivity index (χ0n) is 15.0. The van der Waals surface area contributed by atoms with Gasteiger partial charge in [0.25, 0.3) is 0 Å². The molecular formula is C21H19F3O4. The topological polar surface area (TPSA) is 55.8 Å². The number of carboxylic acid groups (broad SMARTS) is 1. The molecule has 0 amide bonds. The van der Waals surface area contributed by atoms with Gasteiger partial charge in [-0.1, -0.05) is 0 Å². The SMILES string of the molecule is O=C(O)C1CC1COc1c(F)cc(-c2cc(F)cc(OC3CCC3)c2)cc1F. The Morgan fingerprint density at radius 1 is 1.04 bits per heavy atom. The van der Waals surface area contributed by atoms with E-state index >= 15 is 0 Å². The number of carboxylic acids is 1. The van der Waals surface area contributed by atoms with Crippen LogP contribution in [0.1, 0.15) is 25.7 Å². The molecule has 4 rings (SSSR count). The van der Waals surface area contributed by atoms with Crippen molar-refractivity contribution in [2.75, 3.05) is 6.61 Å². The maximum absolute atomic E-state index is 14.4. The third-order valence-corrected chi connectivity index (χ3v) is 5.24. The van der Waals surface area contributed by atoms with Crippen LogP contribution in [-0.2, 0) is 4.79 Å². The Bertz CT molecular complexity index is 888. The Balaban J connectivity index is 1.51. The van der Waals surface area contributed by atoms with Gasteiger partial charge in [-0.2, -0.15) is 0 Å². The molecule has 7 heteroatoms. The van der Waals surface area contributed by atoms with Gasteiger partial charge >= 0.3 is 5.97 Å². The second-order valence-electron chi connectivity index (χ2n) is 7.37. The summed E-state index contributed by atoms with van der Waals surface area (Å²) in [5.74, 6) is -4.33. The molecular weight excluding hydrogens is 373 g/mol. The lowest BCUT2D eigenvalue weighted by molar-refractivity contribution is -0.138. The normalized spacial score (nSPS) is 21.1. The van der Waals surface area contributed by atoms with E-state index in [9.17, 15) is 18.0 Å². The number of benzene rings is 2. The third kappa shape index (κ3) is 3.93. The average molecular weight is 392 g/mol. The van der Waals surface area contributed by atoms with Crippen molar-refractivity contribution in [3.05, 3.63) is 47.8 Å². The van der Waals surface area contributed by atoms with Crippen LogP contribution in [0.2, 0.25) is 0 Å². The minimum atomic E-state index is -0.934. The van der Waals surface area contributed by atoms with Gasteiger partial charge in [-0.05, 0) is 61.1 Å². The Hall–Kier alpha value is -2.70. The maximum atomic E-state index is 14.4. The molecule has 2 aromatic rings. The third-order valence-electron chi connectivity index (χ3n) is 5.24. The molecule has 1 N–H and O–H groups in total. The first-order chi connectivity index (χ1) is 13.4. The van der Waals surface area contributed by atoms with Crippen LogP contribution in [0, 0.1) is 29.3 Å². The number of aliphatic carboxylic acids is 1. The lowest BCUT2D eigenvalue weighted by Crippen LogP contribution is -2.24. The standard InChI is InChI=1S/C21H19F3O4/c22-14-4-11(5-16(9-14)28-15-2-1-3-15)12-7-18(23)20(19(24)8-12)27-10-13-6-17(13)21(25)26/h4-5,7-9,13,15,17H,1-3,6,10H2,(H,25,26). The van der Waals surface area contributed by atoms with Crippen molar-refractivity contribution in [2.24, 2.45) is 11.8 Å². The molecule has 2 aliphatic carbocycles. The Morgan fingerprint density at radius 2 is 1.71 bits per heavy atom. The number of hydrogen-bond donors (Lipinski definition) is 1. The lowest BCUT2D eigenvalue weighted by atomic mass is 9.96. The van der Waals surface area contributed by atoms with Crippen LogP contribution in [0.25, 0.3) is 11.1 Å². The molecule has 0 aliphatic heterocycles. The van der Waals surface area contributed by atoms with Gasteiger partial charge in [0.2, 0.25) is 0 Å². The molecule has 2 aliphatic rings. The van der Waals surface area contributed by atoms with Gasteiger partial charge < -0.3 is 14.6 Å². The van der Waals surface area contributed by atoms with Gasteiger partial charge in [-0.15, -0.1) is 0 Å². The zero-order chi connectivity index (χ0) is 19.8. The first-order valence-corrected chi connectivity index (χ1v) is 9.23. The highest BCUT2D eigenvalue weighted by atomic mass is 19.1. The molecule has 148 valence electrons. The fourth-order valence-corrected chi connectivity index (χ4v) is 3.27. The van der Waals surface area contributed by atoms with Gasteiger partial charge in [0.1, 0.15) is 11.6 Å². The van der Waals surface area contributed by atoms with E-state index < -0.39 is 35.1 Å². The number of hydrogen-bond acceptors (Lipinski definition) is 3. The first-order valence-electron chi connectivity index (χ1n) is 9.23. The van der Waals surface area contributed by atoms with Crippen LogP contribution in [0.15, 0.2) is 30.3 Å². The van der Waals surface area contributed by atoms with Crippen molar-refractivity contribution in [3.63, 3.8) is 0 Å². The molecule has 2 aromatic carbocycles. The quantitative estimate of drug-likeness (QED) is 0.735. The smallest absolute Gasteiger partial charge is 0.306 e. The lowest BCUT2D eigenvalue weighted by Gasteiger charge is -2.26. The van der Waals surface area contributed by atoms with Crippen LogP contribution in [-0.4, -0.2) is 23.8 Å². The van der Waals surface area contributed by atoms with Gasteiger partial charge in [0, 0.05) is 12.0 Å². The van der Waals surface area contributed by atoms with Crippen LogP contribution in [0.3, 0.4) is 0 Å². The summed E-state index contributed by atoms with van der Waals surface area (Å²) < 4.78 is 53.6. The molecule has 2 atom stereocenters. The summed E-state index contributed by atoms with van der Waals surface area (Å²) in [6.45, 7) is -0.0660. The van der Waals surface area contributed by atoms with E-state index in [-0.39, 0.29) is 24.2 Å². The number of rotatable bonds is 7. The molecule has 2 saturated carbocycles. The minimum absolute atomic E-state index is 0.0518. The van der Waals surface area contributed by atoms with E-state index in [1.807, 2.05) is 0 Å². The molecule has 2 fully saturated rings.